The quantitative estimate of drug-likeness (QED) is 0.106. The van der Waals surface area contributed by atoms with Crippen molar-refractivity contribution in [2.45, 2.75) is 48.1 Å². The van der Waals surface area contributed by atoms with Crippen LogP contribution in [0.15, 0.2) is 5.10 Å². The second-order valence-electron chi connectivity index (χ2n) is 6.10. The molecule has 7 N–H and O–H groups in total. The van der Waals surface area contributed by atoms with E-state index in [1.165, 1.54) is 9.69 Å². The number of hydrogen-bond acceptors (Lipinski definition) is 14. The lowest BCUT2D eigenvalue weighted by atomic mass is 10.4. The molecule has 3 rings (SSSR count). The number of hydrazone groups is 1. The van der Waals surface area contributed by atoms with E-state index in [-0.39, 0.29) is 26.9 Å². The molecule has 0 aliphatic heterocycles. The Labute approximate surface area is 200 Å². The first-order valence-corrected chi connectivity index (χ1v) is 9.29. The Bertz CT molecular complexity index is 982. The predicted molar refractivity (Wildman–Crippen MR) is 120 cm³/mol. The van der Waals surface area contributed by atoms with Gasteiger partial charge in [-0.25, -0.2) is 15.2 Å². The molecule has 3 heterocycles. The van der Waals surface area contributed by atoms with Gasteiger partial charge in [0.1, 0.15) is 24.0 Å². The van der Waals surface area contributed by atoms with E-state index in [2.05, 4.69) is 56.8 Å². The minimum atomic E-state index is -0.949. The standard InChI is InChI=1S/C5H12N4O2.C4H6N4O2.C3H6N4.C2H4N4.CH4/c1-4(8-6)9(7)3-2-5(10)11;1-3-5-6-7-8(3)2-4(9)10;1-3-4-5-6-7(3)2;1-2-3-5-6-4-2;/h2-3,6-7H2,1H3,(H,10,11);2H2,1H3,(H,9,10);1-2H3;1H3,(H,3,4,5,6);1H4/b8-4-;;;;. The molecule has 0 unspecified atom stereocenters. The second kappa shape index (κ2) is 17.9. The topological polar surface area (TPSA) is 284 Å². The van der Waals surface area contributed by atoms with Crippen LogP contribution in [0.3, 0.4) is 0 Å². The Hall–Kier alpha value is -4.62. The number of hydrogen-bond donors (Lipinski definition) is 5. The summed E-state index contributed by atoms with van der Waals surface area (Å²) >= 11 is 0. The monoisotopic (exact) mass is 500 g/mol. The van der Waals surface area contributed by atoms with Crippen molar-refractivity contribution in [3.05, 3.63) is 17.5 Å². The van der Waals surface area contributed by atoms with E-state index >= 15 is 0 Å². The lowest BCUT2D eigenvalue weighted by Crippen LogP contribution is -2.37. The second-order valence-corrected chi connectivity index (χ2v) is 6.10. The van der Waals surface area contributed by atoms with Crippen molar-refractivity contribution in [3.63, 3.8) is 0 Å². The summed E-state index contributed by atoms with van der Waals surface area (Å²) in [6.07, 6.45) is -0.0244. The van der Waals surface area contributed by atoms with Gasteiger partial charge in [0, 0.05) is 13.6 Å². The highest BCUT2D eigenvalue weighted by Crippen LogP contribution is 1.87. The number of aryl methyl sites for hydroxylation is 4. The normalized spacial score (nSPS) is 9.71. The zero-order chi connectivity index (χ0) is 26.1. The van der Waals surface area contributed by atoms with Gasteiger partial charge in [0.25, 0.3) is 0 Å². The van der Waals surface area contributed by atoms with E-state index in [1.807, 2.05) is 6.92 Å². The minimum Gasteiger partial charge on any atom is -0.481 e. The fraction of sp³-hybridized carbons (Fsp3) is 0.600. The Morgan fingerprint density at radius 2 is 1.66 bits per heavy atom. The van der Waals surface area contributed by atoms with Gasteiger partial charge in [-0.05, 0) is 48.5 Å². The molecule has 0 aliphatic carbocycles. The largest absolute Gasteiger partial charge is 0.481 e. The number of H-pyrrole nitrogens is 1. The minimum absolute atomic E-state index is 0. The number of carbonyl (C=O) groups is 2. The summed E-state index contributed by atoms with van der Waals surface area (Å²) in [5.74, 6) is 10.8. The third-order valence-electron chi connectivity index (χ3n) is 3.45. The van der Waals surface area contributed by atoms with Gasteiger partial charge in [-0.2, -0.15) is 10.3 Å². The van der Waals surface area contributed by atoms with E-state index in [0.717, 1.165) is 5.82 Å². The molecular formula is C15H32N16O4. The number of carboxylic acids is 2. The molecule has 0 radical (unpaired) electrons. The average Bonchev–Trinajstić information content (AvgIpc) is 3.51. The van der Waals surface area contributed by atoms with E-state index in [1.54, 1.807) is 32.5 Å². The summed E-state index contributed by atoms with van der Waals surface area (Å²) in [5, 5.41) is 54.5. The molecule has 0 saturated carbocycles. The Morgan fingerprint density at radius 1 is 1.06 bits per heavy atom. The number of tetrazole rings is 3. The van der Waals surface area contributed by atoms with Crippen molar-refractivity contribution in [2.75, 3.05) is 6.54 Å². The molecule has 3 aromatic heterocycles. The first kappa shape index (κ1) is 32.6. The molecule has 0 saturated heterocycles. The third-order valence-corrected chi connectivity index (χ3v) is 3.45. The molecule has 0 aromatic carbocycles. The molecule has 35 heavy (non-hydrogen) atoms. The summed E-state index contributed by atoms with van der Waals surface area (Å²) in [6, 6.07) is 0. The number of aliphatic carboxylic acids is 2. The van der Waals surface area contributed by atoms with Crippen LogP contribution in [0.4, 0.5) is 0 Å². The number of aromatic nitrogens is 12. The third kappa shape index (κ3) is 15.8. The van der Waals surface area contributed by atoms with Gasteiger partial charge >= 0.3 is 11.9 Å². The van der Waals surface area contributed by atoms with Crippen molar-refractivity contribution in [1.29, 1.82) is 0 Å². The maximum Gasteiger partial charge on any atom is 0.325 e. The molecule has 0 spiro atoms. The van der Waals surface area contributed by atoms with Crippen LogP contribution in [0, 0.1) is 20.8 Å². The van der Waals surface area contributed by atoms with Crippen molar-refractivity contribution < 1.29 is 19.8 Å². The molecule has 20 heteroatoms. The van der Waals surface area contributed by atoms with Gasteiger partial charge in [-0.1, -0.05) is 12.6 Å². The molecule has 3 aromatic rings. The van der Waals surface area contributed by atoms with Crippen molar-refractivity contribution >= 4 is 17.8 Å². The highest BCUT2D eigenvalue weighted by Gasteiger charge is 2.04. The Kier molecular flexibility index (Phi) is 16.6. The highest BCUT2D eigenvalue weighted by atomic mass is 16.4. The van der Waals surface area contributed by atoms with E-state index < -0.39 is 11.9 Å². The molecule has 0 fully saturated rings. The first-order chi connectivity index (χ1) is 16.0. The molecule has 0 atom stereocenters. The maximum atomic E-state index is 10.1. The van der Waals surface area contributed by atoms with Crippen molar-refractivity contribution in [2.24, 2.45) is 23.8 Å². The van der Waals surface area contributed by atoms with Crippen LogP contribution < -0.4 is 11.7 Å². The summed E-state index contributed by atoms with van der Waals surface area (Å²) < 4.78 is 2.82. The van der Waals surface area contributed by atoms with Gasteiger partial charge in [0.2, 0.25) is 0 Å². The molecule has 0 aliphatic rings. The zero-order valence-electron chi connectivity index (χ0n) is 19.3. The van der Waals surface area contributed by atoms with Gasteiger partial charge in [-0.15, -0.1) is 20.4 Å². The van der Waals surface area contributed by atoms with Crippen LogP contribution in [0.25, 0.3) is 0 Å². The van der Waals surface area contributed by atoms with Crippen molar-refractivity contribution in [1.82, 2.24) is 66.0 Å². The maximum absolute atomic E-state index is 10.1. The average molecular weight is 501 g/mol. The fourth-order valence-electron chi connectivity index (χ4n) is 1.46. The number of carboxylic acid groups (broad SMARTS) is 2. The summed E-state index contributed by atoms with van der Waals surface area (Å²) in [5.41, 5.74) is 0. The fourth-order valence-corrected chi connectivity index (χ4v) is 1.46. The number of hydrazine groups is 1. The van der Waals surface area contributed by atoms with E-state index in [0.29, 0.717) is 17.5 Å². The number of nitrogens with zero attached hydrogens (tertiary/aromatic N) is 13. The van der Waals surface area contributed by atoms with Crippen molar-refractivity contribution in [3.8, 4) is 0 Å². The zero-order valence-corrected chi connectivity index (χ0v) is 19.3. The van der Waals surface area contributed by atoms with Crippen LogP contribution in [-0.4, -0.2) is 101 Å². The van der Waals surface area contributed by atoms with E-state index in [4.69, 9.17) is 21.9 Å². The predicted octanol–water partition coefficient (Wildman–Crippen LogP) is -2.34. The number of rotatable bonds is 5. The number of amidine groups is 1. The number of aromatic amines is 1. The van der Waals surface area contributed by atoms with Crippen LogP contribution in [-0.2, 0) is 23.2 Å². The number of nitrogens with two attached hydrogens (primary N) is 2. The summed E-state index contributed by atoms with van der Waals surface area (Å²) in [7, 11) is 1.80. The molecule has 20 nitrogen and oxygen atoms in total. The van der Waals surface area contributed by atoms with Crippen LogP contribution in [0.1, 0.15) is 38.2 Å². The van der Waals surface area contributed by atoms with Gasteiger partial charge in [0.15, 0.2) is 5.82 Å². The highest BCUT2D eigenvalue weighted by molar-refractivity contribution is 5.79. The smallest absolute Gasteiger partial charge is 0.325 e. The lowest BCUT2D eigenvalue weighted by molar-refractivity contribution is -0.138. The molecule has 0 amide bonds. The van der Waals surface area contributed by atoms with Gasteiger partial charge in [-0.3, -0.25) is 14.6 Å². The Morgan fingerprint density at radius 3 is 1.94 bits per heavy atom. The SMILES string of the molecule is C.C/C(=N/N)N(N)CCC(=O)O.Cc1nn[nH]n1.Cc1nnnn1C.Cc1nnnn1CC(=O)O. The number of nitrogens with one attached hydrogen (secondary N) is 1. The summed E-state index contributed by atoms with van der Waals surface area (Å²) in [6.45, 7) is 6.88. The molecule has 196 valence electrons. The van der Waals surface area contributed by atoms with Gasteiger partial charge in [0.05, 0.1) is 6.42 Å². The van der Waals surface area contributed by atoms with Gasteiger partial charge < -0.3 is 16.1 Å². The van der Waals surface area contributed by atoms with Crippen LogP contribution in [0.2, 0.25) is 0 Å². The summed E-state index contributed by atoms with van der Waals surface area (Å²) in [4.78, 5) is 20.2. The van der Waals surface area contributed by atoms with Crippen LogP contribution >= 0.6 is 0 Å². The Balaban J connectivity index is 0. The lowest BCUT2D eigenvalue weighted by Gasteiger charge is -2.15. The molecule has 0 bridgehead atoms. The van der Waals surface area contributed by atoms with E-state index in [9.17, 15) is 9.59 Å². The molecular weight excluding hydrogens is 468 g/mol. The van der Waals surface area contributed by atoms with Crippen LogP contribution in [0.5, 0.6) is 0 Å². The first-order valence-electron chi connectivity index (χ1n) is 9.29.